The van der Waals surface area contributed by atoms with Gasteiger partial charge in [-0.2, -0.15) is 0 Å². The number of aromatic nitrogens is 1. The predicted molar refractivity (Wildman–Crippen MR) is 90.6 cm³/mol. The highest BCUT2D eigenvalue weighted by Crippen LogP contribution is 2.32. The number of carbonyl (C=O) groups is 2. The molecule has 0 radical (unpaired) electrons. The van der Waals surface area contributed by atoms with Gasteiger partial charge in [-0.1, -0.05) is 12.1 Å². The highest BCUT2D eigenvalue weighted by atomic mass is 16.5. The van der Waals surface area contributed by atoms with E-state index in [2.05, 4.69) is 15.6 Å². The Morgan fingerprint density at radius 3 is 2.80 bits per heavy atom. The number of nitrogens with zero attached hydrogens (tertiary/aromatic N) is 1. The summed E-state index contributed by atoms with van der Waals surface area (Å²) in [7, 11) is 1.61. The lowest BCUT2D eigenvalue weighted by Crippen LogP contribution is -2.22. The zero-order valence-electron chi connectivity index (χ0n) is 13.2. The fourth-order valence-electron chi connectivity index (χ4n) is 2.67. The van der Waals surface area contributed by atoms with Gasteiger partial charge >= 0.3 is 6.03 Å². The molecule has 3 aromatic rings. The second-order valence-electron chi connectivity index (χ2n) is 5.45. The molecule has 0 saturated carbocycles. The first-order chi connectivity index (χ1) is 12.1. The topological polar surface area (TPSA) is 93.5 Å². The van der Waals surface area contributed by atoms with Crippen molar-refractivity contribution in [3.8, 4) is 16.9 Å². The molecular weight excluding hydrogens is 322 g/mol. The summed E-state index contributed by atoms with van der Waals surface area (Å²) >= 11 is 0. The van der Waals surface area contributed by atoms with Crippen molar-refractivity contribution >= 4 is 29.0 Å². The van der Waals surface area contributed by atoms with Crippen molar-refractivity contribution in [3.05, 3.63) is 54.2 Å². The van der Waals surface area contributed by atoms with Gasteiger partial charge in [-0.3, -0.25) is 15.1 Å². The normalized spacial score (nSPS) is 15.5. The Kier molecular flexibility index (Phi) is 3.46. The molecule has 25 heavy (non-hydrogen) atoms. The lowest BCUT2D eigenvalue weighted by molar-refractivity contribution is -0.115. The number of furan rings is 1. The van der Waals surface area contributed by atoms with E-state index in [0.29, 0.717) is 11.3 Å². The summed E-state index contributed by atoms with van der Waals surface area (Å²) in [4.78, 5) is 27.1. The Morgan fingerprint density at radius 1 is 1.16 bits per heavy atom. The first-order valence-corrected chi connectivity index (χ1v) is 7.50. The number of pyridine rings is 1. The van der Waals surface area contributed by atoms with E-state index < -0.39 is 11.9 Å². The van der Waals surface area contributed by atoms with Crippen molar-refractivity contribution in [2.45, 2.75) is 0 Å². The molecule has 1 aliphatic heterocycles. The molecule has 1 fully saturated rings. The van der Waals surface area contributed by atoms with Gasteiger partial charge < -0.3 is 14.5 Å². The summed E-state index contributed by atoms with van der Waals surface area (Å²) in [6, 6.07) is 8.78. The van der Waals surface area contributed by atoms with Gasteiger partial charge in [0, 0.05) is 29.4 Å². The molecule has 7 heteroatoms. The lowest BCUT2D eigenvalue weighted by Gasteiger charge is -2.04. The fraction of sp³-hybridized carbons (Fsp3) is 0.0556. The summed E-state index contributed by atoms with van der Waals surface area (Å²) in [6.45, 7) is 0. The maximum absolute atomic E-state index is 11.6. The molecule has 0 spiro atoms. The number of urea groups is 1. The van der Waals surface area contributed by atoms with Crippen LogP contribution >= 0.6 is 0 Å². The van der Waals surface area contributed by atoms with Gasteiger partial charge in [0.15, 0.2) is 0 Å². The minimum Gasteiger partial charge on any atom is -0.497 e. The molecule has 1 aromatic carbocycles. The Labute approximate surface area is 142 Å². The van der Waals surface area contributed by atoms with Crippen LogP contribution in [0.4, 0.5) is 4.79 Å². The monoisotopic (exact) mass is 335 g/mol. The third-order valence-electron chi connectivity index (χ3n) is 3.83. The third kappa shape index (κ3) is 2.72. The largest absolute Gasteiger partial charge is 0.497 e. The Balaban J connectivity index is 1.80. The quantitative estimate of drug-likeness (QED) is 0.567. The molecule has 2 aromatic heterocycles. The van der Waals surface area contributed by atoms with E-state index in [1.165, 1.54) is 6.08 Å². The zero-order valence-corrected chi connectivity index (χ0v) is 13.2. The van der Waals surface area contributed by atoms with E-state index in [9.17, 15) is 9.59 Å². The number of fused-ring (bicyclic) bond motifs is 1. The van der Waals surface area contributed by atoms with Gasteiger partial charge in [0.1, 0.15) is 22.8 Å². The van der Waals surface area contributed by atoms with Crippen LogP contribution in [0.2, 0.25) is 0 Å². The average Bonchev–Trinajstić information content (AvgIpc) is 3.17. The fourth-order valence-corrected chi connectivity index (χ4v) is 2.67. The molecule has 0 atom stereocenters. The summed E-state index contributed by atoms with van der Waals surface area (Å²) in [6.07, 6.45) is 4.87. The lowest BCUT2D eigenvalue weighted by atomic mass is 10.1. The molecule has 0 bridgehead atoms. The summed E-state index contributed by atoms with van der Waals surface area (Å²) in [5.41, 5.74) is 2.48. The average molecular weight is 335 g/mol. The Bertz CT molecular complexity index is 1040. The van der Waals surface area contributed by atoms with Crippen LogP contribution in [0.15, 0.2) is 52.8 Å². The Hall–Kier alpha value is -3.61. The third-order valence-corrected chi connectivity index (χ3v) is 3.83. The van der Waals surface area contributed by atoms with Crippen LogP contribution in [0, 0.1) is 0 Å². The van der Waals surface area contributed by atoms with E-state index in [0.717, 1.165) is 22.3 Å². The van der Waals surface area contributed by atoms with Crippen LogP contribution in [-0.2, 0) is 4.79 Å². The van der Waals surface area contributed by atoms with Crippen molar-refractivity contribution in [3.63, 3.8) is 0 Å². The van der Waals surface area contributed by atoms with Gasteiger partial charge in [-0.25, -0.2) is 4.79 Å². The van der Waals surface area contributed by atoms with Crippen LogP contribution in [0.5, 0.6) is 5.75 Å². The molecule has 0 unspecified atom stereocenters. The summed E-state index contributed by atoms with van der Waals surface area (Å²) < 4.78 is 11.1. The summed E-state index contributed by atoms with van der Waals surface area (Å²) in [5, 5.41) is 5.36. The zero-order chi connectivity index (χ0) is 17.4. The van der Waals surface area contributed by atoms with Gasteiger partial charge in [-0.15, -0.1) is 0 Å². The van der Waals surface area contributed by atoms with E-state index >= 15 is 0 Å². The highest BCUT2D eigenvalue weighted by Gasteiger charge is 2.23. The molecular formula is C18H13N3O4. The number of nitrogens with one attached hydrogen (secondary N) is 2. The molecule has 1 saturated heterocycles. The van der Waals surface area contributed by atoms with Crippen molar-refractivity contribution in [1.82, 2.24) is 15.6 Å². The van der Waals surface area contributed by atoms with Crippen molar-refractivity contribution < 1.29 is 18.7 Å². The SMILES string of the molecule is COc1cccc(-c2cncc3cc(/C=C4\NC(=O)NC4=O)oc23)c1. The number of hydrogen-bond donors (Lipinski definition) is 2. The van der Waals surface area contributed by atoms with Crippen molar-refractivity contribution in [2.24, 2.45) is 0 Å². The first-order valence-electron chi connectivity index (χ1n) is 7.50. The Morgan fingerprint density at radius 2 is 2.04 bits per heavy atom. The van der Waals surface area contributed by atoms with Crippen LogP contribution in [0.25, 0.3) is 28.2 Å². The number of ether oxygens (including phenoxy) is 1. The standard InChI is InChI=1S/C18H13N3O4/c1-24-12-4-2-3-10(5-12)14-9-19-8-11-6-13(25-16(11)14)7-15-17(22)21-18(23)20-15/h2-9H,1H3,(H2,20,21,22,23)/b15-7-. The molecule has 3 amide bonds. The molecule has 0 aliphatic carbocycles. The van der Waals surface area contributed by atoms with Gasteiger partial charge in [0.05, 0.1) is 7.11 Å². The number of carbonyl (C=O) groups excluding carboxylic acids is 2. The molecule has 1 aliphatic rings. The van der Waals surface area contributed by atoms with Crippen LogP contribution in [-0.4, -0.2) is 24.0 Å². The number of hydrogen-bond acceptors (Lipinski definition) is 5. The van der Waals surface area contributed by atoms with Crippen LogP contribution in [0.1, 0.15) is 5.76 Å². The number of imide groups is 1. The minimum atomic E-state index is -0.550. The van der Waals surface area contributed by atoms with E-state index in [1.807, 2.05) is 24.3 Å². The second-order valence-corrected chi connectivity index (χ2v) is 5.45. The van der Waals surface area contributed by atoms with E-state index in [-0.39, 0.29) is 5.70 Å². The maximum atomic E-state index is 11.6. The molecule has 3 heterocycles. The molecule has 2 N–H and O–H groups in total. The maximum Gasteiger partial charge on any atom is 0.326 e. The van der Waals surface area contributed by atoms with Crippen molar-refractivity contribution in [1.29, 1.82) is 0 Å². The first kappa shape index (κ1) is 14.9. The van der Waals surface area contributed by atoms with Gasteiger partial charge in [-0.05, 0) is 23.8 Å². The second kappa shape index (κ2) is 5.79. The summed E-state index contributed by atoms with van der Waals surface area (Å²) in [5.74, 6) is 0.685. The number of rotatable bonds is 3. The smallest absolute Gasteiger partial charge is 0.326 e. The van der Waals surface area contributed by atoms with E-state index in [1.54, 1.807) is 25.6 Å². The van der Waals surface area contributed by atoms with Crippen molar-refractivity contribution in [2.75, 3.05) is 7.11 Å². The van der Waals surface area contributed by atoms with E-state index in [4.69, 9.17) is 9.15 Å². The van der Waals surface area contributed by atoms with Crippen LogP contribution in [0.3, 0.4) is 0 Å². The minimum absolute atomic E-state index is 0.139. The number of benzene rings is 1. The number of methoxy groups -OCH3 is 1. The van der Waals surface area contributed by atoms with Crippen LogP contribution < -0.4 is 15.4 Å². The number of amides is 3. The highest BCUT2D eigenvalue weighted by molar-refractivity contribution is 6.14. The van der Waals surface area contributed by atoms with Gasteiger partial charge in [0.25, 0.3) is 5.91 Å². The molecule has 124 valence electrons. The predicted octanol–water partition coefficient (Wildman–Crippen LogP) is 2.68. The van der Waals surface area contributed by atoms with Gasteiger partial charge in [0.2, 0.25) is 0 Å². The molecule has 4 rings (SSSR count). The molecule has 7 nitrogen and oxygen atoms in total.